The first-order chi connectivity index (χ1) is 8.24. The molecule has 0 aliphatic rings. The first-order valence-electron chi connectivity index (χ1n) is 6.43. The zero-order valence-electron chi connectivity index (χ0n) is 11.0. The summed E-state index contributed by atoms with van der Waals surface area (Å²) in [6.07, 6.45) is 0.980. The van der Waals surface area contributed by atoms with Gasteiger partial charge in [-0.1, -0.05) is 6.92 Å². The number of rotatable bonds is 8. The predicted octanol–water partition coefficient (Wildman–Crippen LogP) is 0.185. The lowest BCUT2D eigenvalue weighted by molar-refractivity contribution is 0.272. The molecule has 1 aromatic rings. The van der Waals surface area contributed by atoms with Gasteiger partial charge < -0.3 is 11.5 Å². The van der Waals surface area contributed by atoms with Gasteiger partial charge in [-0.05, 0) is 19.4 Å². The predicted molar refractivity (Wildman–Crippen MR) is 70.7 cm³/mol. The van der Waals surface area contributed by atoms with E-state index in [0.717, 1.165) is 38.3 Å². The van der Waals surface area contributed by atoms with Gasteiger partial charge in [-0.15, -0.1) is 0 Å². The Morgan fingerprint density at radius 1 is 1.24 bits per heavy atom. The van der Waals surface area contributed by atoms with E-state index in [2.05, 4.69) is 34.6 Å². The normalized spacial score (nSPS) is 11.4. The molecule has 1 aromatic heterocycles. The summed E-state index contributed by atoms with van der Waals surface area (Å²) < 4.78 is 2.07. The van der Waals surface area contributed by atoms with Gasteiger partial charge in [-0.3, -0.25) is 9.58 Å². The molecule has 0 aromatic carbocycles. The van der Waals surface area contributed by atoms with Crippen molar-refractivity contribution in [3.63, 3.8) is 0 Å². The highest BCUT2D eigenvalue weighted by Gasteiger charge is 2.10. The highest BCUT2D eigenvalue weighted by atomic mass is 15.3. The molecule has 0 amide bonds. The van der Waals surface area contributed by atoms with Crippen molar-refractivity contribution in [3.05, 3.63) is 17.5 Å². The molecule has 98 valence electrons. The SMILES string of the molecule is CCc1cc(CN(CCN)CCN)n(CC)n1. The molecule has 0 spiro atoms. The first-order valence-corrected chi connectivity index (χ1v) is 6.43. The highest BCUT2D eigenvalue weighted by Crippen LogP contribution is 2.08. The molecule has 0 saturated carbocycles. The van der Waals surface area contributed by atoms with E-state index in [1.165, 1.54) is 5.69 Å². The minimum Gasteiger partial charge on any atom is -0.329 e. The van der Waals surface area contributed by atoms with Crippen LogP contribution in [-0.4, -0.2) is 40.9 Å². The topological polar surface area (TPSA) is 73.1 Å². The van der Waals surface area contributed by atoms with Crippen LogP contribution in [0.5, 0.6) is 0 Å². The smallest absolute Gasteiger partial charge is 0.0625 e. The molecule has 5 heteroatoms. The quantitative estimate of drug-likeness (QED) is 0.679. The van der Waals surface area contributed by atoms with E-state index in [0.29, 0.717) is 13.1 Å². The fourth-order valence-electron chi connectivity index (χ4n) is 1.95. The van der Waals surface area contributed by atoms with E-state index in [9.17, 15) is 0 Å². The van der Waals surface area contributed by atoms with E-state index in [4.69, 9.17) is 11.5 Å². The second kappa shape index (κ2) is 7.42. The molecule has 0 aliphatic carbocycles. The lowest BCUT2D eigenvalue weighted by atomic mass is 10.3. The van der Waals surface area contributed by atoms with E-state index < -0.39 is 0 Å². The molecule has 0 fully saturated rings. The number of nitrogens with zero attached hydrogens (tertiary/aromatic N) is 3. The zero-order valence-corrected chi connectivity index (χ0v) is 11.0. The van der Waals surface area contributed by atoms with Gasteiger partial charge in [0, 0.05) is 39.3 Å². The fraction of sp³-hybridized carbons (Fsp3) is 0.750. The van der Waals surface area contributed by atoms with Gasteiger partial charge in [0.2, 0.25) is 0 Å². The number of aromatic nitrogens is 2. The van der Waals surface area contributed by atoms with Crippen LogP contribution in [0.3, 0.4) is 0 Å². The maximum Gasteiger partial charge on any atom is 0.0625 e. The zero-order chi connectivity index (χ0) is 12.7. The molecule has 1 rings (SSSR count). The summed E-state index contributed by atoms with van der Waals surface area (Å²) in [5.41, 5.74) is 13.6. The second-order valence-electron chi connectivity index (χ2n) is 4.15. The summed E-state index contributed by atoms with van der Waals surface area (Å²) in [4.78, 5) is 2.28. The molecule has 0 atom stereocenters. The van der Waals surface area contributed by atoms with Crippen molar-refractivity contribution < 1.29 is 0 Å². The Bertz CT molecular complexity index is 315. The minimum atomic E-state index is 0.668. The van der Waals surface area contributed by atoms with Crippen LogP contribution in [-0.2, 0) is 19.5 Å². The van der Waals surface area contributed by atoms with Crippen LogP contribution in [0.15, 0.2) is 6.07 Å². The van der Waals surface area contributed by atoms with Gasteiger partial charge in [0.15, 0.2) is 0 Å². The third-order valence-electron chi connectivity index (χ3n) is 2.85. The summed E-state index contributed by atoms with van der Waals surface area (Å²) in [6.45, 7) is 9.14. The van der Waals surface area contributed by atoms with Gasteiger partial charge >= 0.3 is 0 Å². The maximum absolute atomic E-state index is 5.61. The number of hydrogen-bond donors (Lipinski definition) is 2. The molecular formula is C12H25N5. The molecule has 4 N–H and O–H groups in total. The summed E-state index contributed by atoms with van der Waals surface area (Å²) in [7, 11) is 0. The molecule has 1 heterocycles. The third kappa shape index (κ3) is 4.11. The summed E-state index contributed by atoms with van der Waals surface area (Å²) in [5, 5.41) is 4.55. The van der Waals surface area contributed by atoms with Gasteiger partial charge in [-0.2, -0.15) is 5.10 Å². The van der Waals surface area contributed by atoms with Gasteiger partial charge in [0.1, 0.15) is 0 Å². The molecule has 0 saturated heterocycles. The van der Waals surface area contributed by atoms with Gasteiger partial charge in [0.25, 0.3) is 0 Å². The Balaban J connectivity index is 2.72. The molecule has 0 unspecified atom stereocenters. The summed E-state index contributed by atoms with van der Waals surface area (Å²) in [6, 6.07) is 2.18. The summed E-state index contributed by atoms with van der Waals surface area (Å²) in [5.74, 6) is 0. The largest absolute Gasteiger partial charge is 0.329 e. The summed E-state index contributed by atoms with van der Waals surface area (Å²) >= 11 is 0. The van der Waals surface area contributed by atoms with Crippen molar-refractivity contribution >= 4 is 0 Å². The number of aryl methyl sites for hydroxylation is 2. The van der Waals surface area contributed by atoms with Crippen molar-refractivity contribution in [2.75, 3.05) is 26.2 Å². The highest BCUT2D eigenvalue weighted by molar-refractivity contribution is 5.10. The van der Waals surface area contributed by atoms with Crippen molar-refractivity contribution in [1.29, 1.82) is 0 Å². The average Bonchev–Trinajstić information content (AvgIpc) is 2.72. The first kappa shape index (κ1) is 14.2. The monoisotopic (exact) mass is 239 g/mol. The Morgan fingerprint density at radius 3 is 2.35 bits per heavy atom. The van der Waals surface area contributed by atoms with E-state index in [1.807, 2.05) is 0 Å². The standard InChI is InChI=1S/C12H25N5/c1-3-11-9-12(17(4-2)15-11)10-16(7-5-13)8-6-14/h9H,3-8,10,13-14H2,1-2H3. The molecular weight excluding hydrogens is 214 g/mol. The Kier molecular flexibility index (Phi) is 6.18. The van der Waals surface area contributed by atoms with Crippen LogP contribution in [0.1, 0.15) is 25.2 Å². The van der Waals surface area contributed by atoms with Crippen LogP contribution in [0.4, 0.5) is 0 Å². The lowest BCUT2D eigenvalue weighted by Crippen LogP contribution is -2.34. The molecule has 0 bridgehead atoms. The number of hydrogen-bond acceptors (Lipinski definition) is 4. The molecule has 5 nitrogen and oxygen atoms in total. The second-order valence-corrected chi connectivity index (χ2v) is 4.15. The maximum atomic E-state index is 5.61. The fourth-order valence-corrected chi connectivity index (χ4v) is 1.95. The van der Waals surface area contributed by atoms with E-state index >= 15 is 0 Å². The third-order valence-corrected chi connectivity index (χ3v) is 2.85. The van der Waals surface area contributed by atoms with Crippen LogP contribution < -0.4 is 11.5 Å². The Morgan fingerprint density at radius 2 is 1.88 bits per heavy atom. The van der Waals surface area contributed by atoms with Crippen molar-refractivity contribution in [2.45, 2.75) is 33.4 Å². The van der Waals surface area contributed by atoms with E-state index in [-0.39, 0.29) is 0 Å². The minimum absolute atomic E-state index is 0.668. The van der Waals surface area contributed by atoms with Crippen LogP contribution in [0.25, 0.3) is 0 Å². The van der Waals surface area contributed by atoms with Gasteiger partial charge in [0.05, 0.1) is 11.4 Å². The van der Waals surface area contributed by atoms with Crippen LogP contribution in [0.2, 0.25) is 0 Å². The molecule has 0 radical (unpaired) electrons. The van der Waals surface area contributed by atoms with Gasteiger partial charge in [-0.25, -0.2) is 0 Å². The molecule has 0 aliphatic heterocycles. The van der Waals surface area contributed by atoms with Crippen LogP contribution >= 0.6 is 0 Å². The Hall–Kier alpha value is -0.910. The average molecular weight is 239 g/mol. The van der Waals surface area contributed by atoms with Crippen molar-refractivity contribution in [2.24, 2.45) is 11.5 Å². The van der Waals surface area contributed by atoms with E-state index in [1.54, 1.807) is 0 Å². The van der Waals surface area contributed by atoms with Crippen LogP contribution in [0, 0.1) is 0 Å². The van der Waals surface area contributed by atoms with Crippen molar-refractivity contribution in [3.8, 4) is 0 Å². The number of nitrogens with two attached hydrogens (primary N) is 2. The molecule has 17 heavy (non-hydrogen) atoms. The lowest BCUT2D eigenvalue weighted by Gasteiger charge is -2.20. The Labute approximate surface area is 104 Å². The van der Waals surface area contributed by atoms with Crippen molar-refractivity contribution in [1.82, 2.24) is 14.7 Å².